The average molecular weight is 1240 g/mol. The third-order valence-corrected chi connectivity index (χ3v) is 14.0. The fraction of sp³-hybridized carbons (Fsp3) is 0.525. The van der Waals surface area contributed by atoms with Crippen LogP contribution in [-0.4, -0.2) is 223 Å². The molecule has 3 aromatic carbocycles. The van der Waals surface area contributed by atoms with Crippen LogP contribution in [0.5, 0.6) is 11.5 Å². The number of phenolic OH excluding ortho intramolecular Hbond substituents is 1. The van der Waals surface area contributed by atoms with Crippen LogP contribution in [0, 0.1) is 11.6 Å². The Kier molecular flexibility index (Phi) is 32.7. The number of carbonyl (C=O) groups is 9. The number of amides is 7. The van der Waals surface area contributed by atoms with Gasteiger partial charge < -0.3 is 62.8 Å². The minimum absolute atomic E-state index is 0.000510. The number of ether oxygens (including phenoxy) is 1. The first-order valence-electron chi connectivity index (χ1n) is 29.4. The molecule has 88 heavy (non-hydrogen) atoms. The van der Waals surface area contributed by atoms with Crippen LogP contribution in [-0.2, 0) is 44.9 Å². The molecule has 0 radical (unpaired) electrons. The number of urea groups is 1. The largest absolute Gasteiger partial charge is 0.508 e. The third kappa shape index (κ3) is 29.2. The molecule has 13 N–H and O–H groups in total. The van der Waals surface area contributed by atoms with Gasteiger partial charge in [0.1, 0.15) is 29.2 Å². The Morgan fingerprint density at radius 2 is 1.12 bits per heavy atom. The van der Waals surface area contributed by atoms with Gasteiger partial charge in [-0.25, -0.2) is 13.6 Å². The highest BCUT2D eigenvalue weighted by molar-refractivity contribution is 5.95. The van der Waals surface area contributed by atoms with E-state index in [4.69, 9.17) is 10.5 Å². The predicted octanol–water partition coefficient (Wildman–Crippen LogP) is 0.951. The fourth-order valence-corrected chi connectivity index (χ4v) is 9.30. The monoisotopic (exact) mass is 1240 g/mol. The zero-order chi connectivity index (χ0) is 64.2. The number of carboxylic acids is 3. The number of phenols is 1. The number of aliphatic carboxylic acids is 3. The number of aliphatic imine (C=N–C) groups is 1. The van der Waals surface area contributed by atoms with E-state index in [-0.39, 0.29) is 122 Å². The molecule has 1 aliphatic heterocycles. The number of hydrogen-bond acceptors (Lipinski definition) is 16. The minimum atomic E-state index is -1.26. The molecule has 0 spiro atoms. The Morgan fingerprint density at radius 1 is 0.591 bits per heavy atom. The van der Waals surface area contributed by atoms with E-state index in [0.717, 1.165) is 0 Å². The molecule has 0 aliphatic carbocycles. The predicted molar refractivity (Wildman–Crippen MR) is 320 cm³/mol. The highest BCUT2D eigenvalue weighted by atomic mass is 19.1. The Balaban J connectivity index is 1.24. The maximum atomic E-state index is 14.7. The van der Waals surface area contributed by atoms with E-state index in [1.807, 2.05) is 4.90 Å². The lowest BCUT2D eigenvalue weighted by molar-refractivity contribution is -0.140. The van der Waals surface area contributed by atoms with Gasteiger partial charge >= 0.3 is 23.9 Å². The van der Waals surface area contributed by atoms with Crippen LogP contribution in [0.15, 0.2) is 71.7 Å². The first-order chi connectivity index (χ1) is 42.2. The summed E-state index contributed by atoms with van der Waals surface area (Å²) < 4.78 is 35.4. The summed E-state index contributed by atoms with van der Waals surface area (Å²) in [4.78, 5) is 123. The van der Waals surface area contributed by atoms with Gasteiger partial charge in [0.15, 0.2) is 5.96 Å². The molecule has 484 valence electrons. The summed E-state index contributed by atoms with van der Waals surface area (Å²) in [5.74, 6) is -8.62. The highest BCUT2D eigenvalue weighted by Crippen LogP contribution is 2.29. The summed E-state index contributed by atoms with van der Waals surface area (Å²) in [5.41, 5.74) is 6.48. The number of nitrogens with zero attached hydrogens (tertiary/aromatic N) is 5. The van der Waals surface area contributed by atoms with Gasteiger partial charge in [-0.15, -0.1) is 0 Å². The number of carbonyl (C=O) groups excluding carboxylic acids is 6. The Labute approximate surface area is 510 Å². The number of unbranched alkanes of at least 4 members (excludes halogenated alkanes) is 3. The van der Waals surface area contributed by atoms with Crippen LogP contribution < -0.4 is 47.7 Å². The number of nitrogens with two attached hydrogens (primary N) is 1. The maximum absolute atomic E-state index is 14.7. The zero-order valence-electron chi connectivity index (χ0n) is 49.7. The highest BCUT2D eigenvalue weighted by Gasteiger charge is 2.29. The van der Waals surface area contributed by atoms with Crippen LogP contribution in [0.25, 0.3) is 0 Å². The first kappa shape index (κ1) is 71.9. The van der Waals surface area contributed by atoms with Crippen LogP contribution in [0.2, 0.25) is 0 Å². The topological polar surface area (TPSA) is 379 Å². The number of rotatable bonds is 35. The number of carboxylic acid groups (broad SMARTS) is 3. The van der Waals surface area contributed by atoms with Crippen LogP contribution in [0.1, 0.15) is 87.3 Å². The van der Waals surface area contributed by atoms with Gasteiger partial charge in [0.05, 0.1) is 38.7 Å². The molecule has 3 aromatic rings. The van der Waals surface area contributed by atoms with Gasteiger partial charge in [0.25, 0.3) is 0 Å². The summed E-state index contributed by atoms with van der Waals surface area (Å²) in [6.07, 6.45) is 3.75. The molecule has 1 heterocycles. The van der Waals surface area contributed by atoms with E-state index in [1.54, 1.807) is 76.2 Å². The molecule has 29 heteroatoms. The lowest BCUT2D eigenvalue weighted by Gasteiger charge is -2.32. The molecule has 7 amide bonds. The molecule has 0 aromatic heterocycles. The number of aromatic hydroxyl groups is 1. The molecule has 4 rings (SSSR count). The van der Waals surface area contributed by atoms with E-state index < -0.39 is 77.2 Å². The van der Waals surface area contributed by atoms with Crippen LogP contribution in [0.3, 0.4) is 0 Å². The van der Waals surface area contributed by atoms with Crippen molar-refractivity contribution in [3.63, 3.8) is 0 Å². The maximum Gasteiger partial charge on any atom is 0.321 e. The van der Waals surface area contributed by atoms with Crippen molar-refractivity contribution in [1.29, 1.82) is 0 Å². The molecule has 1 fully saturated rings. The van der Waals surface area contributed by atoms with Crippen molar-refractivity contribution < 1.29 is 77.1 Å². The van der Waals surface area contributed by atoms with Crippen molar-refractivity contribution in [3.05, 3.63) is 95.1 Å². The quantitative estimate of drug-likeness (QED) is 0.0222. The fourth-order valence-electron chi connectivity index (χ4n) is 9.30. The summed E-state index contributed by atoms with van der Waals surface area (Å²) in [7, 11) is 0. The van der Waals surface area contributed by atoms with Gasteiger partial charge in [0, 0.05) is 122 Å². The van der Waals surface area contributed by atoms with E-state index in [2.05, 4.69) is 42.2 Å². The standard InChI is InChI=1S/C59H85F2N13O14/c1-2-49(76)65-22-23-67-59(87)70-58(62)66-21-12-17-48(56(85)68-36-45-46(60)34-43(75)35-47(45)61)69-57(86)55(41-13-5-3-6-14-41)42-15-11-16-44(33-42)88-32-10-9-20-63-50(77)18-7-4-8-19-64-51(78)37-71-24-26-72(38-52(79)80)28-30-74(40-54(83)84)31-29-73(27-25-71)39-53(81)82/h3,5-6,11,13-16,33-35,48,55,75H,2,4,7-10,12,17-32,36-40H2,1H3,(H,63,77)(H,64,78)(H,65,76)(H,68,85)(H,69,86)(H,79,80)(H,81,82)(H,83,84)(H4,62,66,67,70,87)/t48-,55?/m1/s1. The Morgan fingerprint density at radius 3 is 1.70 bits per heavy atom. The normalized spacial score (nSPS) is 14.6. The lowest BCUT2D eigenvalue weighted by atomic mass is 9.90. The number of halogens is 2. The van der Waals surface area contributed by atoms with Crippen molar-refractivity contribution in [2.24, 2.45) is 10.7 Å². The third-order valence-electron chi connectivity index (χ3n) is 14.0. The first-order valence-corrected chi connectivity index (χ1v) is 29.4. The summed E-state index contributed by atoms with van der Waals surface area (Å²) in [6, 6.07) is 15.2. The van der Waals surface area contributed by atoms with Gasteiger partial charge in [-0.05, 0) is 61.8 Å². The lowest BCUT2D eigenvalue weighted by Crippen LogP contribution is -2.49. The average Bonchev–Trinajstić information content (AvgIpc) is 3.01. The smallest absolute Gasteiger partial charge is 0.321 e. The SMILES string of the molecule is CCC(=O)NCCNC(=O)NC(N)=NCCC[C@@H](NC(=O)C(c1ccccc1)c1cccc(OCCCCNC(=O)CCCCCNC(=O)CN2CCN(CC(=O)O)CCN(CC(=O)O)CCN(CC(=O)O)CC2)c1)C(=O)NCc1c(F)cc(O)cc1F. The Hall–Kier alpha value is -8.54. The van der Waals surface area contributed by atoms with E-state index in [9.17, 15) is 72.4 Å². The molecule has 1 unspecified atom stereocenters. The zero-order valence-corrected chi connectivity index (χ0v) is 49.7. The van der Waals surface area contributed by atoms with Crippen molar-refractivity contribution in [2.75, 3.05) is 118 Å². The van der Waals surface area contributed by atoms with Gasteiger partial charge in [-0.1, -0.05) is 55.8 Å². The minimum Gasteiger partial charge on any atom is -0.508 e. The van der Waals surface area contributed by atoms with E-state index in [0.29, 0.717) is 107 Å². The van der Waals surface area contributed by atoms with Crippen LogP contribution >= 0.6 is 0 Å². The number of hydrogen-bond donors (Lipinski definition) is 12. The molecule has 27 nitrogen and oxygen atoms in total. The second-order valence-electron chi connectivity index (χ2n) is 20.9. The van der Waals surface area contributed by atoms with Gasteiger partial charge in [-0.3, -0.25) is 68.3 Å². The molecule has 0 saturated carbocycles. The summed E-state index contributed by atoms with van der Waals surface area (Å²) >= 11 is 0. The molecule has 0 bridgehead atoms. The van der Waals surface area contributed by atoms with Crippen molar-refractivity contribution in [3.8, 4) is 11.5 Å². The van der Waals surface area contributed by atoms with Crippen LogP contribution in [0.4, 0.5) is 13.6 Å². The van der Waals surface area contributed by atoms with Gasteiger partial charge in [0.2, 0.25) is 29.5 Å². The van der Waals surface area contributed by atoms with Gasteiger partial charge in [-0.2, -0.15) is 0 Å². The van der Waals surface area contributed by atoms with Crippen molar-refractivity contribution >= 4 is 59.4 Å². The molecular formula is C59H85F2N13O14. The summed E-state index contributed by atoms with van der Waals surface area (Å²) in [6.45, 7) is 3.93. The van der Waals surface area contributed by atoms with E-state index in [1.165, 1.54) is 0 Å². The number of benzene rings is 3. The van der Waals surface area contributed by atoms with E-state index >= 15 is 0 Å². The number of nitrogens with one attached hydrogen (secondary N) is 7. The van der Waals surface area contributed by atoms with Crippen molar-refractivity contribution in [2.45, 2.75) is 83.2 Å². The summed E-state index contributed by atoms with van der Waals surface area (Å²) in [5, 5.41) is 56.6. The Bertz CT molecular complexity index is 2730. The molecule has 2 atom stereocenters. The number of guanidine groups is 1. The molecule has 1 aliphatic rings. The second-order valence-corrected chi connectivity index (χ2v) is 20.9. The second kappa shape index (κ2) is 40.0. The molecular weight excluding hydrogens is 1150 g/mol. The molecule has 1 saturated heterocycles. The van der Waals surface area contributed by atoms with Crippen molar-refractivity contribution in [1.82, 2.24) is 56.8 Å².